The number of pyridine rings is 1. The molecule has 0 unspecified atom stereocenters. The largest absolute Gasteiger partial charge is 0.476 e. The Morgan fingerprint density at radius 2 is 2.57 bits per heavy atom. The Balaban J connectivity index is 1.88. The first kappa shape index (κ1) is 9.74. The molecule has 1 N–H and O–H groups in total. The van der Waals surface area contributed by atoms with Gasteiger partial charge in [0, 0.05) is 18.7 Å². The highest BCUT2D eigenvalue weighted by molar-refractivity contribution is 6.31. The maximum Gasteiger partial charge on any atom is 0.232 e. The Hall–Kier alpha value is -0.800. The zero-order chi connectivity index (χ0) is 9.80. The van der Waals surface area contributed by atoms with Gasteiger partial charge >= 0.3 is 0 Å². The van der Waals surface area contributed by atoms with Crippen molar-refractivity contribution < 1.29 is 4.74 Å². The van der Waals surface area contributed by atoms with E-state index >= 15 is 0 Å². The number of halogens is 1. The quantitative estimate of drug-likeness (QED) is 0.829. The van der Waals surface area contributed by atoms with E-state index < -0.39 is 0 Å². The molecule has 1 aromatic heterocycles. The minimum Gasteiger partial charge on any atom is -0.476 e. The molecule has 14 heavy (non-hydrogen) atoms. The molecule has 2 rings (SSSR count). The highest BCUT2D eigenvalue weighted by Gasteiger charge is 2.15. The molecule has 4 heteroatoms. The van der Waals surface area contributed by atoms with Gasteiger partial charge < -0.3 is 10.1 Å². The molecular formula is C10H13ClN2O. The van der Waals surface area contributed by atoms with Crippen LogP contribution in [0.2, 0.25) is 5.02 Å². The average Bonchev–Trinajstić information content (AvgIpc) is 2.69. The van der Waals surface area contributed by atoms with Crippen LogP contribution < -0.4 is 10.1 Å². The van der Waals surface area contributed by atoms with E-state index in [-0.39, 0.29) is 0 Å². The molecule has 0 amide bonds. The lowest BCUT2D eigenvalue weighted by Gasteiger charge is -2.10. The van der Waals surface area contributed by atoms with Gasteiger partial charge in [-0.3, -0.25) is 0 Å². The fourth-order valence-electron chi connectivity index (χ4n) is 1.53. The summed E-state index contributed by atoms with van der Waals surface area (Å²) in [6.45, 7) is 2.82. The lowest BCUT2D eigenvalue weighted by molar-refractivity contribution is 0.251. The zero-order valence-electron chi connectivity index (χ0n) is 7.87. The second kappa shape index (κ2) is 4.62. The first-order chi connectivity index (χ1) is 6.86. The summed E-state index contributed by atoms with van der Waals surface area (Å²) < 4.78 is 5.54. The Morgan fingerprint density at radius 1 is 1.64 bits per heavy atom. The van der Waals surface area contributed by atoms with Crippen LogP contribution in [0.15, 0.2) is 18.3 Å². The highest BCUT2D eigenvalue weighted by Crippen LogP contribution is 2.21. The predicted molar refractivity (Wildman–Crippen MR) is 55.7 cm³/mol. The van der Waals surface area contributed by atoms with Gasteiger partial charge in [-0.2, -0.15) is 0 Å². The molecule has 0 aliphatic carbocycles. The van der Waals surface area contributed by atoms with Crippen LogP contribution in [0.25, 0.3) is 0 Å². The van der Waals surface area contributed by atoms with Crippen molar-refractivity contribution in [1.82, 2.24) is 10.3 Å². The van der Waals surface area contributed by atoms with Gasteiger partial charge in [-0.05, 0) is 25.1 Å². The third-order valence-corrected chi connectivity index (χ3v) is 2.63. The van der Waals surface area contributed by atoms with Crippen molar-refractivity contribution in [2.75, 3.05) is 19.7 Å². The number of nitrogens with one attached hydrogen (secondary N) is 1. The van der Waals surface area contributed by atoms with Crippen LogP contribution in [0.5, 0.6) is 5.88 Å². The second-order valence-corrected chi connectivity index (χ2v) is 3.87. The molecule has 3 nitrogen and oxygen atoms in total. The lowest BCUT2D eigenvalue weighted by Crippen LogP contribution is -2.15. The molecule has 76 valence electrons. The molecular weight excluding hydrogens is 200 g/mol. The summed E-state index contributed by atoms with van der Waals surface area (Å²) in [4.78, 5) is 4.06. The average molecular weight is 213 g/mol. The highest BCUT2D eigenvalue weighted by atomic mass is 35.5. The van der Waals surface area contributed by atoms with Crippen LogP contribution >= 0.6 is 11.6 Å². The maximum atomic E-state index is 5.91. The first-order valence-corrected chi connectivity index (χ1v) is 5.18. The molecule has 1 aromatic rings. The summed E-state index contributed by atoms with van der Waals surface area (Å²) in [6.07, 6.45) is 2.86. The molecule has 1 aliphatic rings. The van der Waals surface area contributed by atoms with E-state index in [4.69, 9.17) is 16.3 Å². The minimum atomic E-state index is 0.543. The Labute approximate surface area is 88.4 Å². The second-order valence-electron chi connectivity index (χ2n) is 3.46. The van der Waals surface area contributed by atoms with Crippen molar-refractivity contribution in [2.45, 2.75) is 6.42 Å². The predicted octanol–water partition coefficient (Wildman–Crippen LogP) is 1.72. The molecule has 2 heterocycles. The van der Waals surface area contributed by atoms with Gasteiger partial charge in [0.1, 0.15) is 5.02 Å². The van der Waals surface area contributed by atoms with Gasteiger partial charge in [-0.25, -0.2) is 4.98 Å². The van der Waals surface area contributed by atoms with Crippen LogP contribution in [-0.2, 0) is 0 Å². The van der Waals surface area contributed by atoms with Crippen molar-refractivity contribution in [3.05, 3.63) is 23.4 Å². The molecule has 0 aromatic carbocycles. The molecule has 1 fully saturated rings. The Bertz CT molecular complexity index is 300. The zero-order valence-corrected chi connectivity index (χ0v) is 8.63. The van der Waals surface area contributed by atoms with Gasteiger partial charge in [0.25, 0.3) is 0 Å². The summed E-state index contributed by atoms with van der Waals surface area (Å²) in [7, 11) is 0. The standard InChI is InChI=1S/C10H13ClN2O/c11-9-2-1-4-13-10(9)14-7-8-3-5-12-6-8/h1-2,4,8,12H,3,5-7H2/t8-/m1/s1. The smallest absolute Gasteiger partial charge is 0.232 e. The van der Waals surface area contributed by atoms with Gasteiger partial charge in [0.2, 0.25) is 5.88 Å². The van der Waals surface area contributed by atoms with Gasteiger partial charge in [0.15, 0.2) is 0 Å². The van der Waals surface area contributed by atoms with Gasteiger partial charge in [-0.1, -0.05) is 11.6 Å². The van der Waals surface area contributed by atoms with Gasteiger partial charge in [-0.15, -0.1) is 0 Å². The number of hydrogen-bond donors (Lipinski definition) is 1. The molecule has 0 saturated carbocycles. The SMILES string of the molecule is Clc1cccnc1OC[C@@H]1CCNC1. The summed E-state index contributed by atoms with van der Waals surface area (Å²) in [5.41, 5.74) is 0. The van der Waals surface area contributed by atoms with E-state index in [9.17, 15) is 0 Å². The Morgan fingerprint density at radius 3 is 3.29 bits per heavy atom. The fourth-order valence-corrected chi connectivity index (χ4v) is 1.71. The molecule has 0 spiro atoms. The van der Waals surface area contributed by atoms with E-state index in [0.29, 0.717) is 23.4 Å². The van der Waals surface area contributed by atoms with E-state index in [1.807, 2.05) is 0 Å². The molecule has 1 atom stereocenters. The topological polar surface area (TPSA) is 34.1 Å². The lowest BCUT2D eigenvalue weighted by atomic mass is 10.1. The van der Waals surface area contributed by atoms with Crippen molar-refractivity contribution in [1.29, 1.82) is 0 Å². The van der Waals surface area contributed by atoms with Crippen LogP contribution in [0.1, 0.15) is 6.42 Å². The maximum absolute atomic E-state index is 5.91. The van der Waals surface area contributed by atoms with Crippen LogP contribution in [0, 0.1) is 5.92 Å². The van der Waals surface area contributed by atoms with Crippen LogP contribution in [0.4, 0.5) is 0 Å². The third-order valence-electron chi connectivity index (χ3n) is 2.34. The first-order valence-electron chi connectivity index (χ1n) is 4.80. The minimum absolute atomic E-state index is 0.543. The number of hydrogen-bond acceptors (Lipinski definition) is 3. The summed E-state index contributed by atoms with van der Waals surface area (Å²) in [6, 6.07) is 3.59. The van der Waals surface area contributed by atoms with Crippen molar-refractivity contribution in [3.63, 3.8) is 0 Å². The van der Waals surface area contributed by atoms with Crippen molar-refractivity contribution in [2.24, 2.45) is 5.92 Å². The number of ether oxygens (including phenoxy) is 1. The van der Waals surface area contributed by atoms with Crippen molar-refractivity contribution >= 4 is 11.6 Å². The number of aromatic nitrogens is 1. The number of rotatable bonds is 3. The summed E-state index contributed by atoms with van der Waals surface area (Å²) in [5.74, 6) is 1.13. The van der Waals surface area contributed by atoms with Crippen molar-refractivity contribution in [3.8, 4) is 5.88 Å². The molecule has 1 aliphatic heterocycles. The van der Waals surface area contributed by atoms with E-state index in [1.165, 1.54) is 6.42 Å². The van der Waals surface area contributed by atoms with Crippen LogP contribution in [-0.4, -0.2) is 24.7 Å². The Kier molecular flexibility index (Phi) is 3.22. The van der Waals surface area contributed by atoms with E-state index in [0.717, 1.165) is 13.1 Å². The summed E-state index contributed by atoms with van der Waals surface area (Å²) in [5, 5.41) is 3.87. The van der Waals surface area contributed by atoms with Crippen LogP contribution in [0.3, 0.4) is 0 Å². The van der Waals surface area contributed by atoms with E-state index in [2.05, 4.69) is 10.3 Å². The normalized spacial score (nSPS) is 21.1. The molecule has 0 radical (unpaired) electrons. The third kappa shape index (κ3) is 2.36. The summed E-state index contributed by atoms with van der Waals surface area (Å²) >= 11 is 5.91. The molecule has 1 saturated heterocycles. The molecule has 0 bridgehead atoms. The number of nitrogens with zero attached hydrogens (tertiary/aromatic N) is 1. The monoisotopic (exact) mass is 212 g/mol. The fraction of sp³-hybridized carbons (Fsp3) is 0.500. The van der Waals surface area contributed by atoms with E-state index in [1.54, 1.807) is 18.3 Å². The van der Waals surface area contributed by atoms with Gasteiger partial charge in [0.05, 0.1) is 6.61 Å².